The number of hydrogen-bond donors (Lipinski definition) is 1. The standard InChI is InChI=1S/C15H26N2O2/c1-2-19-14(18)12-3-5-13(6-4-12)17-8-7-15(11-17)9-16-10-15/h12-13,16H,2-11H2,1H3. The molecule has 2 saturated heterocycles. The summed E-state index contributed by atoms with van der Waals surface area (Å²) in [6.45, 7) is 7.36. The van der Waals surface area contributed by atoms with Crippen molar-refractivity contribution in [2.24, 2.45) is 11.3 Å². The van der Waals surface area contributed by atoms with Gasteiger partial charge in [0.2, 0.25) is 0 Å². The second-order valence-electron chi connectivity index (χ2n) is 6.58. The molecule has 2 aliphatic heterocycles. The van der Waals surface area contributed by atoms with Gasteiger partial charge in [-0.3, -0.25) is 9.69 Å². The third-order valence-electron chi connectivity index (χ3n) is 5.30. The molecule has 0 aromatic heterocycles. The summed E-state index contributed by atoms with van der Waals surface area (Å²) in [6, 6.07) is 0.714. The largest absolute Gasteiger partial charge is 0.466 e. The first-order valence-electron chi connectivity index (χ1n) is 7.84. The van der Waals surface area contributed by atoms with E-state index in [4.69, 9.17) is 4.74 Å². The van der Waals surface area contributed by atoms with Crippen molar-refractivity contribution in [2.75, 3.05) is 32.8 Å². The van der Waals surface area contributed by atoms with Crippen LogP contribution in [0.5, 0.6) is 0 Å². The summed E-state index contributed by atoms with van der Waals surface area (Å²) >= 11 is 0. The van der Waals surface area contributed by atoms with Crippen molar-refractivity contribution in [2.45, 2.75) is 45.1 Å². The van der Waals surface area contributed by atoms with Gasteiger partial charge >= 0.3 is 5.97 Å². The van der Waals surface area contributed by atoms with Gasteiger partial charge in [0.1, 0.15) is 0 Å². The molecule has 3 fully saturated rings. The molecule has 19 heavy (non-hydrogen) atoms. The molecule has 0 unspecified atom stereocenters. The number of nitrogens with one attached hydrogen (secondary N) is 1. The molecule has 3 rings (SSSR count). The Kier molecular flexibility index (Phi) is 3.81. The monoisotopic (exact) mass is 266 g/mol. The number of hydrogen-bond acceptors (Lipinski definition) is 4. The Morgan fingerprint density at radius 2 is 2.05 bits per heavy atom. The van der Waals surface area contributed by atoms with Crippen LogP contribution in [0.4, 0.5) is 0 Å². The Morgan fingerprint density at radius 3 is 2.58 bits per heavy atom. The molecule has 1 N–H and O–H groups in total. The summed E-state index contributed by atoms with van der Waals surface area (Å²) in [5.41, 5.74) is 0.595. The fourth-order valence-electron chi connectivity index (χ4n) is 3.99. The Bertz CT molecular complexity index is 333. The van der Waals surface area contributed by atoms with Crippen LogP contribution in [0.2, 0.25) is 0 Å². The molecule has 1 aliphatic carbocycles. The summed E-state index contributed by atoms with van der Waals surface area (Å²) < 4.78 is 5.14. The normalized spacial score (nSPS) is 34.2. The number of carbonyl (C=O) groups excluding carboxylic acids is 1. The zero-order chi connectivity index (χ0) is 13.3. The number of likely N-dealkylation sites (tertiary alicyclic amines) is 1. The molecule has 2 heterocycles. The van der Waals surface area contributed by atoms with Gasteiger partial charge in [-0.15, -0.1) is 0 Å². The Balaban J connectivity index is 1.47. The first kappa shape index (κ1) is 13.4. The van der Waals surface area contributed by atoms with Crippen molar-refractivity contribution in [1.29, 1.82) is 0 Å². The first-order valence-corrected chi connectivity index (χ1v) is 7.84. The summed E-state index contributed by atoms with van der Waals surface area (Å²) in [7, 11) is 0. The molecule has 3 aliphatic rings. The lowest BCUT2D eigenvalue weighted by Crippen LogP contribution is -2.55. The molecular formula is C15H26N2O2. The zero-order valence-corrected chi connectivity index (χ0v) is 12.0. The Hall–Kier alpha value is -0.610. The van der Waals surface area contributed by atoms with Crippen molar-refractivity contribution >= 4 is 5.97 Å². The highest BCUT2D eigenvalue weighted by Crippen LogP contribution is 2.38. The summed E-state index contributed by atoms with van der Waals surface area (Å²) in [5.74, 6) is 0.195. The number of nitrogens with zero attached hydrogens (tertiary/aromatic N) is 1. The number of carbonyl (C=O) groups is 1. The third-order valence-corrected chi connectivity index (χ3v) is 5.30. The average Bonchev–Trinajstić information content (AvgIpc) is 2.84. The van der Waals surface area contributed by atoms with Gasteiger partial charge in [-0.1, -0.05) is 0 Å². The second-order valence-corrected chi connectivity index (χ2v) is 6.58. The molecule has 0 radical (unpaired) electrons. The van der Waals surface area contributed by atoms with E-state index in [-0.39, 0.29) is 11.9 Å². The van der Waals surface area contributed by atoms with Gasteiger partial charge in [0, 0.05) is 31.1 Å². The summed E-state index contributed by atoms with van der Waals surface area (Å²) in [6.07, 6.45) is 5.74. The van der Waals surface area contributed by atoms with E-state index in [0.717, 1.165) is 12.8 Å². The predicted molar refractivity (Wildman–Crippen MR) is 73.9 cm³/mol. The molecule has 0 aromatic rings. The van der Waals surface area contributed by atoms with Gasteiger partial charge in [0.15, 0.2) is 0 Å². The van der Waals surface area contributed by atoms with E-state index in [0.29, 0.717) is 18.1 Å². The van der Waals surface area contributed by atoms with Gasteiger partial charge in [-0.2, -0.15) is 0 Å². The van der Waals surface area contributed by atoms with Crippen LogP contribution in [0.1, 0.15) is 39.0 Å². The van der Waals surface area contributed by atoms with Crippen LogP contribution in [0.25, 0.3) is 0 Å². The van der Waals surface area contributed by atoms with Gasteiger partial charge in [-0.25, -0.2) is 0 Å². The van der Waals surface area contributed by atoms with E-state index >= 15 is 0 Å². The molecule has 0 bridgehead atoms. The van der Waals surface area contributed by atoms with Crippen molar-refractivity contribution in [3.05, 3.63) is 0 Å². The average molecular weight is 266 g/mol. The number of esters is 1. The van der Waals surface area contributed by atoms with E-state index in [1.54, 1.807) is 0 Å². The Labute approximate surface area is 115 Å². The van der Waals surface area contributed by atoms with Crippen molar-refractivity contribution < 1.29 is 9.53 Å². The molecule has 4 heteroatoms. The molecule has 0 atom stereocenters. The Morgan fingerprint density at radius 1 is 1.32 bits per heavy atom. The fraction of sp³-hybridized carbons (Fsp3) is 0.933. The molecule has 1 spiro atoms. The van der Waals surface area contributed by atoms with Gasteiger partial charge in [0.05, 0.1) is 12.5 Å². The smallest absolute Gasteiger partial charge is 0.308 e. The lowest BCUT2D eigenvalue weighted by Gasteiger charge is -2.41. The third kappa shape index (κ3) is 2.65. The van der Waals surface area contributed by atoms with Crippen LogP contribution in [0, 0.1) is 11.3 Å². The maximum Gasteiger partial charge on any atom is 0.308 e. The topological polar surface area (TPSA) is 41.6 Å². The summed E-state index contributed by atoms with van der Waals surface area (Å²) in [5, 5.41) is 3.42. The lowest BCUT2D eigenvalue weighted by atomic mass is 9.81. The second kappa shape index (κ2) is 5.41. The van der Waals surface area contributed by atoms with E-state index in [1.165, 1.54) is 45.4 Å². The number of rotatable bonds is 3. The molecule has 1 saturated carbocycles. The molecular weight excluding hydrogens is 240 g/mol. The molecule has 0 aromatic carbocycles. The predicted octanol–water partition coefficient (Wildman–Crippen LogP) is 1.40. The van der Waals surface area contributed by atoms with Crippen molar-refractivity contribution in [3.63, 3.8) is 0 Å². The minimum absolute atomic E-state index is 0.0297. The lowest BCUT2D eigenvalue weighted by molar-refractivity contribution is -0.149. The van der Waals surface area contributed by atoms with Crippen molar-refractivity contribution in [1.82, 2.24) is 10.2 Å². The van der Waals surface area contributed by atoms with E-state index in [2.05, 4.69) is 10.2 Å². The molecule has 108 valence electrons. The highest BCUT2D eigenvalue weighted by Gasteiger charge is 2.45. The van der Waals surface area contributed by atoms with Crippen LogP contribution < -0.4 is 5.32 Å². The molecule has 4 nitrogen and oxygen atoms in total. The SMILES string of the molecule is CCOC(=O)C1CCC(N2CCC3(CNC3)C2)CC1. The van der Waals surface area contributed by atoms with Crippen molar-refractivity contribution in [3.8, 4) is 0 Å². The van der Waals surface area contributed by atoms with Crippen LogP contribution in [0.3, 0.4) is 0 Å². The minimum atomic E-state index is 0.0297. The maximum atomic E-state index is 11.7. The van der Waals surface area contributed by atoms with Gasteiger partial charge < -0.3 is 10.1 Å². The molecule has 0 amide bonds. The minimum Gasteiger partial charge on any atom is -0.466 e. The van der Waals surface area contributed by atoms with E-state index < -0.39 is 0 Å². The zero-order valence-electron chi connectivity index (χ0n) is 12.0. The van der Waals surface area contributed by atoms with Crippen LogP contribution in [-0.4, -0.2) is 49.7 Å². The van der Waals surface area contributed by atoms with Gasteiger partial charge in [0.25, 0.3) is 0 Å². The highest BCUT2D eigenvalue weighted by molar-refractivity contribution is 5.72. The quantitative estimate of drug-likeness (QED) is 0.784. The maximum absolute atomic E-state index is 11.7. The first-order chi connectivity index (χ1) is 9.22. The van der Waals surface area contributed by atoms with E-state index in [1.807, 2.05) is 6.92 Å². The fourth-order valence-corrected chi connectivity index (χ4v) is 3.99. The van der Waals surface area contributed by atoms with Gasteiger partial charge in [-0.05, 0) is 45.6 Å². The van der Waals surface area contributed by atoms with E-state index in [9.17, 15) is 4.79 Å². The van der Waals surface area contributed by atoms with Crippen LogP contribution in [-0.2, 0) is 9.53 Å². The highest BCUT2D eigenvalue weighted by atomic mass is 16.5. The summed E-state index contributed by atoms with van der Waals surface area (Å²) in [4.78, 5) is 14.4. The van der Waals surface area contributed by atoms with Crippen LogP contribution >= 0.6 is 0 Å². The van der Waals surface area contributed by atoms with Crippen LogP contribution in [0.15, 0.2) is 0 Å². The number of ether oxygens (including phenoxy) is 1.